The first-order valence-corrected chi connectivity index (χ1v) is 6.29. The second kappa shape index (κ2) is 5.73. The molecule has 2 aromatic carbocycles. The molecule has 17 heavy (non-hydrogen) atoms. The normalized spacial score (nSPS) is 11.9. The molecule has 0 amide bonds. The van der Waals surface area contributed by atoms with Crippen LogP contribution in [0, 0.1) is 0 Å². The Kier molecular flexibility index (Phi) is 4.04. The topological polar surface area (TPSA) is 18.5 Å². The van der Waals surface area contributed by atoms with Crippen LogP contribution in [0.15, 0.2) is 54.6 Å². The fourth-order valence-electron chi connectivity index (χ4n) is 1.40. The fourth-order valence-corrected chi connectivity index (χ4v) is 1.61. The minimum Gasteiger partial charge on any atom is -0.480 e. The quantitative estimate of drug-likeness (QED) is 0.767. The van der Waals surface area contributed by atoms with Gasteiger partial charge in [-0.2, -0.15) is 0 Å². The molecule has 2 aromatic rings. The minimum atomic E-state index is 0.00314. The fraction of sp³-hybridized carbons (Fsp3) is 0.143. The summed E-state index contributed by atoms with van der Waals surface area (Å²) in [6.07, 6.45) is 0. The van der Waals surface area contributed by atoms with E-state index < -0.39 is 0 Å². The largest absolute Gasteiger partial charge is 0.480 e. The van der Waals surface area contributed by atoms with Crippen LogP contribution in [-0.4, -0.2) is 5.01 Å². The molecule has 0 fully saturated rings. The van der Waals surface area contributed by atoms with Crippen molar-refractivity contribution in [3.05, 3.63) is 54.6 Å². The third-order valence-corrected chi connectivity index (χ3v) is 2.29. The zero-order valence-electron chi connectivity index (χ0n) is 9.47. The number of hydrogen-bond donors (Lipinski definition) is 0. The van der Waals surface area contributed by atoms with Gasteiger partial charge in [-0.1, -0.05) is 18.2 Å². The van der Waals surface area contributed by atoms with E-state index in [1.165, 1.54) is 0 Å². The van der Waals surface area contributed by atoms with Crippen LogP contribution in [-0.2, 0) is 0 Å². The van der Waals surface area contributed by atoms with Crippen LogP contribution < -0.4 is 9.47 Å². The van der Waals surface area contributed by atoms with Crippen molar-refractivity contribution in [3.63, 3.8) is 0 Å². The number of hydrogen-bond acceptors (Lipinski definition) is 2. The summed E-state index contributed by atoms with van der Waals surface area (Å²) in [5.74, 6) is 2.44. The number of para-hydroxylation sites is 1. The molecule has 0 radical (unpaired) electrons. The second-order valence-corrected chi connectivity index (χ2v) is 4.84. The van der Waals surface area contributed by atoms with Crippen molar-refractivity contribution in [2.45, 2.75) is 11.9 Å². The Hall–Kier alpha value is -1.48. The molecule has 0 saturated carbocycles. The van der Waals surface area contributed by atoms with E-state index in [0.717, 1.165) is 17.2 Å². The zero-order valence-corrected chi connectivity index (χ0v) is 11.1. The van der Waals surface area contributed by atoms with Crippen molar-refractivity contribution < 1.29 is 9.47 Å². The molecule has 0 aliphatic heterocycles. The van der Waals surface area contributed by atoms with Gasteiger partial charge in [0, 0.05) is 0 Å². The van der Waals surface area contributed by atoms with Crippen molar-refractivity contribution >= 4 is 15.9 Å². The maximum absolute atomic E-state index is 5.67. The van der Waals surface area contributed by atoms with Gasteiger partial charge in [0.2, 0.25) is 0 Å². The Labute approximate surface area is 109 Å². The molecule has 3 heteroatoms. The SMILES string of the molecule is CC(Br)Oc1ccc(Oc2ccccc2)cc1. The lowest BCUT2D eigenvalue weighted by Crippen LogP contribution is -2.01. The van der Waals surface area contributed by atoms with Gasteiger partial charge in [0.15, 0.2) is 5.01 Å². The van der Waals surface area contributed by atoms with Gasteiger partial charge in [0.25, 0.3) is 0 Å². The highest BCUT2D eigenvalue weighted by atomic mass is 79.9. The average Bonchev–Trinajstić information content (AvgIpc) is 2.32. The minimum absolute atomic E-state index is 0.00314. The molecule has 0 N–H and O–H groups in total. The Morgan fingerprint density at radius 3 is 1.94 bits per heavy atom. The monoisotopic (exact) mass is 292 g/mol. The molecule has 0 spiro atoms. The first-order valence-electron chi connectivity index (χ1n) is 5.38. The van der Waals surface area contributed by atoms with Gasteiger partial charge in [-0.05, 0) is 59.3 Å². The number of rotatable bonds is 4. The standard InChI is InChI=1S/C14H13BrO2/c1-11(15)16-13-7-9-14(10-8-13)17-12-5-3-2-4-6-12/h2-11H,1H3. The van der Waals surface area contributed by atoms with Crippen molar-refractivity contribution in [1.82, 2.24) is 0 Å². The Morgan fingerprint density at radius 2 is 1.35 bits per heavy atom. The molecule has 0 bridgehead atoms. The lowest BCUT2D eigenvalue weighted by atomic mass is 10.3. The lowest BCUT2D eigenvalue weighted by Gasteiger charge is -2.09. The Bertz CT molecular complexity index is 451. The summed E-state index contributed by atoms with van der Waals surface area (Å²) in [4.78, 5) is 0. The summed E-state index contributed by atoms with van der Waals surface area (Å²) in [5, 5.41) is 0.00314. The van der Waals surface area contributed by atoms with Crippen molar-refractivity contribution in [3.8, 4) is 17.2 Å². The molecule has 2 nitrogen and oxygen atoms in total. The van der Waals surface area contributed by atoms with Gasteiger partial charge in [0.05, 0.1) is 0 Å². The van der Waals surface area contributed by atoms with E-state index in [0.29, 0.717) is 0 Å². The van der Waals surface area contributed by atoms with Crippen LogP contribution in [0.4, 0.5) is 0 Å². The second-order valence-electron chi connectivity index (χ2n) is 3.55. The van der Waals surface area contributed by atoms with E-state index in [2.05, 4.69) is 15.9 Å². The van der Waals surface area contributed by atoms with E-state index in [-0.39, 0.29) is 5.01 Å². The molecule has 1 atom stereocenters. The molecule has 2 rings (SSSR count). The maximum atomic E-state index is 5.67. The molecule has 0 heterocycles. The Balaban J connectivity index is 2.03. The first kappa shape index (κ1) is 12.0. The van der Waals surface area contributed by atoms with Crippen LogP contribution in [0.1, 0.15) is 6.92 Å². The highest BCUT2D eigenvalue weighted by Gasteiger charge is 2.00. The van der Waals surface area contributed by atoms with E-state index in [9.17, 15) is 0 Å². The van der Waals surface area contributed by atoms with Crippen LogP contribution in [0.5, 0.6) is 17.2 Å². The molecule has 0 aliphatic carbocycles. The number of halogens is 1. The predicted molar refractivity (Wildman–Crippen MR) is 72.0 cm³/mol. The highest BCUT2D eigenvalue weighted by molar-refractivity contribution is 9.09. The lowest BCUT2D eigenvalue weighted by molar-refractivity contribution is 0.313. The smallest absolute Gasteiger partial charge is 0.150 e. The number of alkyl halides is 1. The summed E-state index contributed by atoms with van der Waals surface area (Å²) in [5.41, 5.74) is 0. The van der Waals surface area contributed by atoms with E-state index in [1.807, 2.05) is 61.5 Å². The molecule has 1 unspecified atom stereocenters. The molecular formula is C14H13BrO2. The van der Waals surface area contributed by atoms with Gasteiger partial charge in [-0.15, -0.1) is 0 Å². The van der Waals surface area contributed by atoms with E-state index in [1.54, 1.807) is 0 Å². The first-order chi connectivity index (χ1) is 8.24. The van der Waals surface area contributed by atoms with E-state index in [4.69, 9.17) is 9.47 Å². The summed E-state index contributed by atoms with van der Waals surface area (Å²) >= 11 is 3.33. The summed E-state index contributed by atoms with van der Waals surface area (Å²) < 4.78 is 11.2. The third kappa shape index (κ3) is 3.79. The van der Waals surface area contributed by atoms with Gasteiger partial charge in [-0.3, -0.25) is 0 Å². The van der Waals surface area contributed by atoms with Gasteiger partial charge < -0.3 is 9.47 Å². The average molecular weight is 293 g/mol. The van der Waals surface area contributed by atoms with Gasteiger partial charge in [-0.25, -0.2) is 0 Å². The molecule has 88 valence electrons. The van der Waals surface area contributed by atoms with Crippen molar-refractivity contribution in [1.29, 1.82) is 0 Å². The molecule has 0 aromatic heterocycles. The van der Waals surface area contributed by atoms with Gasteiger partial charge >= 0.3 is 0 Å². The summed E-state index contributed by atoms with van der Waals surface area (Å²) in [6.45, 7) is 1.92. The predicted octanol–water partition coefficient (Wildman–Crippen LogP) is 4.60. The van der Waals surface area contributed by atoms with E-state index >= 15 is 0 Å². The Morgan fingerprint density at radius 1 is 0.824 bits per heavy atom. The molecule has 0 saturated heterocycles. The van der Waals surface area contributed by atoms with Crippen LogP contribution in [0.2, 0.25) is 0 Å². The maximum Gasteiger partial charge on any atom is 0.150 e. The zero-order chi connectivity index (χ0) is 12.1. The summed E-state index contributed by atoms with van der Waals surface area (Å²) in [6, 6.07) is 17.2. The highest BCUT2D eigenvalue weighted by Crippen LogP contribution is 2.24. The molecule has 0 aliphatic rings. The number of ether oxygens (including phenoxy) is 2. The van der Waals surface area contributed by atoms with Crippen molar-refractivity contribution in [2.24, 2.45) is 0 Å². The van der Waals surface area contributed by atoms with Crippen molar-refractivity contribution in [2.75, 3.05) is 0 Å². The number of benzene rings is 2. The third-order valence-electron chi connectivity index (χ3n) is 2.10. The van der Waals surface area contributed by atoms with Crippen LogP contribution in [0.25, 0.3) is 0 Å². The summed E-state index contributed by atoms with van der Waals surface area (Å²) in [7, 11) is 0. The van der Waals surface area contributed by atoms with Crippen LogP contribution in [0.3, 0.4) is 0 Å². The van der Waals surface area contributed by atoms with Crippen LogP contribution >= 0.6 is 15.9 Å². The molecular weight excluding hydrogens is 280 g/mol. The van der Waals surface area contributed by atoms with Gasteiger partial charge in [0.1, 0.15) is 17.2 Å².